The van der Waals surface area contributed by atoms with Gasteiger partial charge in [0, 0.05) is 6.20 Å². The fraction of sp³-hybridized carbons (Fsp3) is 0.333. The number of alkyl carbamates (subject to hydrolysis) is 1. The van der Waals surface area contributed by atoms with Crippen LogP contribution in [0.1, 0.15) is 6.92 Å². The van der Waals surface area contributed by atoms with Crippen molar-refractivity contribution >= 4 is 6.09 Å². The van der Waals surface area contributed by atoms with E-state index in [9.17, 15) is 4.79 Å². The van der Waals surface area contributed by atoms with Crippen molar-refractivity contribution in [2.45, 2.75) is 6.92 Å². The molecule has 0 unspecified atom stereocenters. The second-order valence-electron chi connectivity index (χ2n) is 2.90. The van der Waals surface area contributed by atoms with Gasteiger partial charge in [0.25, 0.3) is 0 Å². The highest BCUT2D eigenvalue weighted by atomic mass is 16.5. The molecule has 90 valence electrons. The van der Waals surface area contributed by atoms with E-state index in [1.807, 2.05) is 0 Å². The van der Waals surface area contributed by atoms with Gasteiger partial charge in [0.1, 0.15) is 12.4 Å². The zero-order valence-corrected chi connectivity index (χ0v) is 9.60. The molecule has 0 aromatic carbocycles. The summed E-state index contributed by atoms with van der Waals surface area (Å²) in [5.74, 6) is 6.17. The highest BCUT2D eigenvalue weighted by Crippen LogP contribution is 2.04. The maximum Gasteiger partial charge on any atom is 0.407 e. The largest absolute Gasteiger partial charge is 0.479 e. The molecule has 1 aromatic heterocycles. The van der Waals surface area contributed by atoms with Gasteiger partial charge in [0.05, 0.1) is 19.3 Å². The van der Waals surface area contributed by atoms with Crippen LogP contribution in [0.5, 0.6) is 5.75 Å². The first-order valence-corrected chi connectivity index (χ1v) is 5.22. The molecule has 1 rings (SSSR count). The predicted octanol–water partition coefficient (Wildman–Crippen LogP) is 1.21. The zero-order chi connectivity index (χ0) is 12.3. The van der Waals surface area contributed by atoms with Gasteiger partial charge < -0.3 is 14.8 Å². The van der Waals surface area contributed by atoms with Crippen molar-refractivity contribution in [3.63, 3.8) is 0 Å². The van der Waals surface area contributed by atoms with Crippen LogP contribution in [0.4, 0.5) is 4.79 Å². The van der Waals surface area contributed by atoms with Gasteiger partial charge in [-0.15, -0.1) is 0 Å². The molecule has 0 bridgehead atoms. The van der Waals surface area contributed by atoms with Gasteiger partial charge in [-0.3, -0.25) is 4.98 Å². The van der Waals surface area contributed by atoms with Gasteiger partial charge in [0.2, 0.25) is 0 Å². The summed E-state index contributed by atoms with van der Waals surface area (Å²) in [6.45, 7) is 2.60. The number of rotatable bonds is 4. The predicted molar refractivity (Wildman–Crippen MR) is 62.5 cm³/mol. The monoisotopic (exact) mass is 234 g/mol. The van der Waals surface area contributed by atoms with Crippen molar-refractivity contribution in [2.24, 2.45) is 0 Å². The van der Waals surface area contributed by atoms with E-state index in [2.05, 4.69) is 26.9 Å². The molecule has 0 atom stereocenters. The maximum atomic E-state index is 10.9. The Balaban J connectivity index is 2.13. The molecular weight excluding hydrogens is 220 g/mol. The number of carbonyl (C=O) groups is 1. The van der Waals surface area contributed by atoms with Gasteiger partial charge >= 0.3 is 6.09 Å². The Morgan fingerprint density at radius 1 is 1.53 bits per heavy atom. The number of amides is 1. The number of hydrogen-bond donors (Lipinski definition) is 1. The van der Waals surface area contributed by atoms with Gasteiger partial charge in [-0.05, 0) is 19.1 Å². The minimum Gasteiger partial charge on any atom is -0.479 e. The third kappa shape index (κ3) is 6.05. The van der Waals surface area contributed by atoms with Crippen LogP contribution in [0, 0.1) is 11.8 Å². The number of pyridine rings is 1. The van der Waals surface area contributed by atoms with Crippen LogP contribution in [0.25, 0.3) is 0 Å². The number of ether oxygens (including phenoxy) is 2. The molecule has 0 fully saturated rings. The van der Waals surface area contributed by atoms with Crippen LogP contribution >= 0.6 is 0 Å². The normalized spacial score (nSPS) is 8.76. The van der Waals surface area contributed by atoms with Crippen molar-refractivity contribution in [2.75, 3.05) is 19.8 Å². The zero-order valence-electron chi connectivity index (χ0n) is 9.60. The smallest absolute Gasteiger partial charge is 0.407 e. The minimum atomic E-state index is -0.463. The van der Waals surface area contributed by atoms with Crippen LogP contribution in [0.3, 0.4) is 0 Å². The van der Waals surface area contributed by atoms with E-state index in [1.165, 1.54) is 0 Å². The molecular formula is C12H14N2O3. The molecule has 1 N–H and O–H groups in total. The number of nitrogens with one attached hydrogen (secondary N) is 1. The van der Waals surface area contributed by atoms with Crippen LogP contribution in [0.15, 0.2) is 24.5 Å². The Morgan fingerprint density at radius 2 is 2.41 bits per heavy atom. The van der Waals surface area contributed by atoms with Gasteiger partial charge in [-0.2, -0.15) is 0 Å². The van der Waals surface area contributed by atoms with Crippen molar-refractivity contribution in [3.8, 4) is 17.6 Å². The Kier molecular flexibility index (Phi) is 6.04. The van der Waals surface area contributed by atoms with E-state index in [0.717, 1.165) is 0 Å². The Hall–Kier alpha value is -2.22. The van der Waals surface area contributed by atoms with Crippen LogP contribution in [-0.4, -0.2) is 30.8 Å². The van der Waals surface area contributed by atoms with Crippen molar-refractivity contribution in [1.29, 1.82) is 0 Å². The highest BCUT2D eigenvalue weighted by Gasteiger charge is 1.94. The molecule has 0 radical (unpaired) electrons. The molecule has 0 spiro atoms. The molecule has 1 heterocycles. The lowest BCUT2D eigenvalue weighted by atomic mass is 10.5. The lowest BCUT2D eigenvalue weighted by molar-refractivity contribution is 0.153. The molecule has 0 saturated carbocycles. The topological polar surface area (TPSA) is 60.5 Å². The lowest BCUT2D eigenvalue weighted by Crippen LogP contribution is -2.24. The molecule has 0 aliphatic heterocycles. The van der Waals surface area contributed by atoms with Crippen LogP contribution in [-0.2, 0) is 4.74 Å². The van der Waals surface area contributed by atoms with E-state index in [1.54, 1.807) is 31.5 Å². The lowest BCUT2D eigenvalue weighted by Gasteiger charge is -2.00. The summed E-state index contributed by atoms with van der Waals surface area (Å²) in [5, 5.41) is 2.48. The minimum absolute atomic E-state index is 0.245. The number of carbonyl (C=O) groups excluding carboxylic acids is 1. The molecule has 0 aliphatic carbocycles. The van der Waals surface area contributed by atoms with Gasteiger partial charge in [-0.1, -0.05) is 11.8 Å². The first kappa shape index (κ1) is 12.8. The summed E-state index contributed by atoms with van der Waals surface area (Å²) < 4.78 is 9.94. The summed E-state index contributed by atoms with van der Waals surface area (Å²) in [6.07, 6.45) is 2.82. The summed E-state index contributed by atoms with van der Waals surface area (Å²) >= 11 is 0. The third-order valence-corrected chi connectivity index (χ3v) is 1.67. The van der Waals surface area contributed by atoms with E-state index < -0.39 is 6.09 Å². The van der Waals surface area contributed by atoms with Crippen molar-refractivity contribution in [1.82, 2.24) is 10.3 Å². The van der Waals surface area contributed by atoms with E-state index in [-0.39, 0.29) is 13.2 Å². The quantitative estimate of drug-likeness (QED) is 0.795. The van der Waals surface area contributed by atoms with Crippen molar-refractivity contribution in [3.05, 3.63) is 24.5 Å². The van der Waals surface area contributed by atoms with E-state index in [0.29, 0.717) is 12.4 Å². The Bertz CT molecular complexity index is 395. The molecule has 17 heavy (non-hydrogen) atoms. The first-order valence-electron chi connectivity index (χ1n) is 5.22. The average molecular weight is 234 g/mol. The van der Waals surface area contributed by atoms with E-state index in [4.69, 9.17) is 4.74 Å². The van der Waals surface area contributed by atoms with Gasteiger partial charge in [-0.25, -0.2) is 4.79 Å². The fourth-order valence-electron chi connectivity index (χ4n) is 0.964. The standard InChI is InChI=1S/C12H14N2O3/c1-2-16-12(15)14-8-3-4-9-17-11-6-5-7-13-10-11/h5-7,10H,2,8-9H2,1H3,(H,14,15). The first-order chi connectivity index (χ1) is 8.33. The van der Waals surface area contributed by atoms with Crippen molar-refractivity contribution < 1.29 is 14.3 Å². The molecule has 1 amide bonds. The molecule has 5 nitrogen and oxygen atoms in total. The highest BCUT2D eigenvalue weighted by molar-refractivity contribution is 5.67. The molecule has 1 aromatic rings. The Morgan fingerprint density at radius 3 is 3.12 bits per heavy atom. The average Bonchev–Trinajstić information content (AvgIpc) is 2.35. The second kappa shape index (κ2) is 7.99. The van der Waals surface area contributed by atoms with Crippen LogP contribution < -0.4 is 10.1 Å². The second-order valence-corrected chi connectivity index (χ2v) is 2.90. The number of hydrogen-bond acceptors (Lipinski definition) is 4. The summed E-state index contributed by atoms with van der Waals surface area (Å²) in [5.41, 5.74) is 0. The summed E-state index contributed by atoms with van der Waals surface area (Å²) in [7, 11) is 0. The maximum absolute atomic E-state index is 10.9. The Labute approximate surface area is 100 Å². The molecule has 0 saturated heterocycles. The van der Waals surface area contributed by atoms with Gasteiger partial charge in [0.15, 0.2) is 0 Å². The van der Waals surface area contributed by atoms with E-state index >= 15 is 0 Å². The molecule has 5 heteroatoms. The fourth-order valence-corrected chi connectivity index (χ4v) is 0.964. The third-order valence-electron chi connectivity index (χ3n) is 1.67. The van der Waals surface area contributed by atoms with Crippen LogP contribution in [0.2, 0.25) is 0 Å². The summed E-state index contributed by atoms with van der Waals surface area (Å²) in [6, 6.07) is 3.58. The summed E-state index contributed by atoms with van der Waals surface area (Å²) in [4.78, 5) is 14.8. The SMILES string of the molecule is CCOC(=O)NCC#CCOc1cccnc1. The number of nitrogens with zero attached hydrogens (tertiary/aromatic N) is 1. The molecule has 0 aliphatic rings. The number of aromatic nitrogens is 1.